The number of piperazine rings is 1. The van der Waals surface area contributed by atoms with Gasteiger partial charge in [0.05, 0.1) is 4.90 Å². The number of aromatic nitrogens is 3. The number of benzene rings is 1. The van der Waals surface area contributed by atoms with Crippen molar-refractivity contribution in [2.45, 2.75) is 50.5 Å². The van der Waals surface area contributed by atoms with Gasteiger partial charge in [0, 0.05) is 60.3 Å². The van der Waals surface area contributed by atoms with Crippen LogP contribution in [0.25, 0.3) is 21.5 Å². The van der Waals surface area contributed by atoms with Crippen LogP contribution in [0.5, 0.6) is 0 Å². The summed E-state index contributed by atoms with van der Waals surface area (Å²) >= 11 is 0.732. The van der Waals surface area contributed by atoms with Crippen LogP contribution in [0, 0.1) is 5.92 Å². The standard InChI is InChI=1S/C24H28F2N6O3S2/c1-14(2)23(33)32-10-8-31(9-11-32)18-13-15(37(34,35)30-24(3)5-6-24)12-17-16(18)4-7-27-19(17)21-28-29-22(36-21)20(25)26/h4,7,12-14,20,30H,5-6,8-11H2,1-3H3. The Morgan fingerprint density at radius 2 is 1.81 bits per heavy atom. The van der Waals surface area contributed by atoms with E-state index in [0.29, 0.717) is 42.9 Å². The van der Waals surface area contributed by atoms with Gasteiger partial charge in [-0.25, -0.2) is 21.9 Å². The van der Waals surface area contributed by atoms with Crippen molar-refractivity contribution in [1.29, 1.82) is 0 Å². The Morgan fingerprint density at radius 1 is 1.11 bits per heavy atom. The molecule has 2 fully saturated rings. The molecule has 1 saturated heterocycles. The first-order valence-electron chi connectivity index (χ1n) is 12.1. The molecule has 0 bridgehead atoms. The number of fused-ring (bicyclic) bond motifs is 1. The number of carbonyl (C=O) groups excluding carboxylic acids is 1. The lowest BCUT2D eigenvalue weighted by Gasteiger charge is -2.37. The maximum atomic E-state index is 13.4. The van der Waals surface area contributed by atoms with Crippen LogP contribution in [-0.2, 0) is 14.8 Å². The number of anilines is 1. The van der Waals surface area contributed by atoms with Crippen molar-refractivity contribution in [3.05, 3.63) is 29.4 Å². The number of hydrogen-bond acceptors (Lipinski definition) is 8. The van der Waals surface area contributed by atoms with Crippen LogP contribution in [0.1, 0.15) is 45.0 Å². The number of sulfonamides is 1. The molecule has 1 amide bonds. The van der Waals surface area contributed by atoms with Crippen molar-refractivity contribution >= 4 is 43.7 Å². The first-order chi connectivity index (χ1) is 17.5. The SMILES string of the molecule is CC(C)C(=O)N1CCN(c2cc(S(=O)(=O)NC3(C)CC3)cc3c(-c4nnc(C(F)F)s4)nccc23)CC1. The average Bonchev–Trinajstić information content (AvgIpc) is 3.37. The van der Waals surface area contributed by atoms with Gasteiger partial charge in [0.1, 0.15) is 5.69 Å². The van der Waals surface area contributed by atoms with Gasteiger partial charge in [-0.3, -0.25) is 9.78 Å². The van der Waals surface area contributed by atoms with E-state index >= 15 is 0 Å². The molecule has 2 aliphatic rings. The van der Waals surface area contributed by atoms with Gasteiger partial charge in [0.15, 0.2) is 10.0 Å². The second-order valence-electron chi connectivity index (χ2n) is 10.1. The molecule has 3 aromatic rings. The Morgan fingerprint density at radius 3 is 2.41 bits per heavy atom. The molecule has 1 aromatic carbocycles. The van der Waals surface area contributed by atoms with E-state index in [9.17, 15) is 22.0 Å². The second-order valence-corrected chi connectivity index (χ2v) is 12.8. The van der Waals surface area contributed by atoms with E-state index < -0.39 is 27.0 Å². The van der Waals surface area contributed by atoms with E-state index in [1.165, 1.54) is 6.07 Å². The summed E-state index contributed by atoms with van der Waals surface area (Å²) in [6.45, 7) is 7.66. The monoisotopic (exact) mass is 550 g/mol. The molecule has 0 unspecified atom stereocenters. The summed E-state index contributed by atoms with van der Waals surface area (Å²) in [6.07, 6.45) is 0.306. The van der Waals surface area contributed by atoms with Crippen LogP contribution in [0.4, 0.5) is 14.5 Å². The minimum atomic E-state index is -3.87. The van der Waals surface area contributed by atoms with Crippen LogP contribution in [-0.4, -0.2) is 66.1 Å². The number of carbonyl (C=O) groups is 1. The highest BCUT2D eigenvalue weighted by molar-refractivity contribution is 7.89. The minimum Gasteiger partial charge on any atom is -0.367 e. The van der Waals surface area contributed by atoms with E-state index in [-0.39, 0.29) is 21.7 Å². The molecule has 1 aliphatic carbocycles. The highest BCUT2D eigenvalue weighted by Gasteiger charge is 2.41. The van der Waals surface area contributed by atoms with Gasteiger partial charge in [-0.15, -0.1) is 10.2 Å². The fourth-order valence-electron chi connectivity index (χ4n) is 4.45. The smallest absolute Gasteiger partial charge is 0.291 e. The first kappa shape index (κ1) is 25.9. The Kier molecular flexibility index (Phi) is 6.65. The lowest BCUT2D eigenvalue weighted by molar-refractivity contribution is -0.134. The molecule has 1 N–H and O–H groups in total. The van der Waals surface area contributed by atoms with Gasteiger partial charge in [-0.1, -0.05) is 25.2 Å². The van der Waals surface area contributed by atoms with Crippen LogP contribution in [0.3, 0.4) is 0 Å². The number of pyridine rings is 1. The molecule has 3 heterocycles. The molecule has 1 aliphatic heterocycles. The fraction of sp³-hybridized carbons (Fsp3) is 0.500. The lowest BCUT2D eigenvalue weighted by Crippen LogP contribution is -2.50. The average molecular weight is 551 g/mol. The quantitative estimate of drug-likeness (QED) is 0.476. The summed E-state index contributed by atoms with van der Waals surface area (Å²) in [5, 5.41) is 8.46. The van der Waals surface area contributed by atoms with Gasteiger partial charge in [-0.2, -0.15) is 0 Å². The zero-order valence-electron chi connectivity index (χ0n) is 20.7. The summed E-state index contributed by atoms with van der Waals surface area (Å²) in [4.78, 5) is 20.8. The Balaban J connectivity index is 1.61. The van der Waals surface area contributed by atoms with E-state index in [4.69, 9.17) is 0 Å². The van der Waals surface area contributed by atoms with Gasteiger partial charge in [-0.05, 0) is 38.0 Å². The predicted molar refractivity (Wildman–Crippen MR) is 137 cm³/mol. The molecule has 13 heteroatoms. The lowest BCUT2D eigenvalue weighted by atomic mass is 10.1. The topological polar surface area (TPSA) is 108 Å². The molecular weight excluding hydrogens is 522 g/mol. The van der Waals surface area contributed by atoms with Crippen LogP contribution in [0.2, 0.25) is 0 Å². The second kappa shape index (κ2) is 9.52. The summed E-state index contributed by atoms with van der Waals surface area (Å²) in [5.74, 6) is -0.0188. The largest absolute Gasteiger partial charge is 0.367 e. The normalized spacial score (nSPS) is 17.7. The summed E-state index contributed by atoms with van der Waals surface area (Å²) in [7, 11) is -3.87. The highest BCUT2D eigenvalue weighted by Crippen LogP contribution is 2.40. The third-order valence-electron chi connectivity index (χ3n) is 6.78. The fourth-order valence-corrected chi connectivity index (χ4v) is 6.67. The predicted octanol–water partition coefficient (Wildman–Crippen LogP) is 3.83. The van der Waals surface area contributed by atoms with Crippen LogP contribution in [0.15, 0.2) is 29.3 Å². The summed E-state index contributed by atoms with van der Waals surface area (Å²) < 4.78 is 56.0. The Hall–Kier alpha value is -2.77. The molecule has 1 saturated carbocycles. The number of alkyl halides is 2. The summed E-state index contributed by atoms with van der Waals surface area (Å²) in [5.41, 5.74) is 0.504. The molecule has 0 spiro atoms. The zero-order chi connectivity index (χ0) is 26.5. The molecule has 9 nitrogen and oxygen atoms in total. The Bertz CT molecular complexity index is 1450. The van der Waals surface area contributed by atoms with Crippen molar-refractivity contribution in [3.63, 3.8) is 0 Å². The molecule has 2 aromatic heterocycles. The summed E-state index contributed by atoms with van der Waals surface area (Å²) in [6, 6.07) is 4.95. The molecular formula is C24H28F2N6O3S2. The number of halogens is 2. The maximum absolute atomic E-state index is 13.4. The molecule has 0 radical (unpaired) electrons. The van der Waals surface area contributed by atoms with Crippen molar-refractivity contribution in [1.82, 2.24) is 24.8 Å². The van der Waals surface area contributed by atoms with E-state index in [2.05, 4.69) is 24.8 Å². The highest BCUT2D eigenvalue weighted by atomic mass is 32.2. The van der Waals surface area contributed by atoms with Crippen molar-refractivity contribution in [2.75, 3.05) is 31.1 Å². The van der Waals surface area contributed by atoms with E-state index in [1.54, 1.807) is 18.3 Å². The molecule has 5 rings (SSSR count). The number of amides is 1. The van der Waals surface area contributed by atoms with E-state index in [1.807, 2.05) is 25.7 Å². The Labute approximate surface area is 217 Å². The number of rotatable bonds is 7. The van der Waals surface area contributed by atoms with Crippen LogP contribution < -0.4 is 9.62 Å². The van der Waals surface area contributed by atoms with Crippen LogP contribution >= 0.6 is 11.3 Å². The van der Waals surface area contributed by atoms with Crippen molar-refractivity contribution < 1.29 is 22.0 Å². The van der Waals surface area contributed by atoms with Crippen molar-refractivity contribution in [3.8, 4) is 10.7 Å². The number of hydrogen-bond donors (Lipinski definition) is 1. The molecule has 0 atom stereocenters. The third-order valence-corrected chi connectivity index (χ3v) is 9.33. The third kappa shape index (κ3) is 5.16. The number of nitrogens with one attached hydrogen (secondary N) is 1. The molecule has 198 valence electrons. The maximum Gasteiger partial charge on any atom is 0.291 e. The van der Waals surface area contributed by atoms with Gasteiger partial charge >= 0.3 is 0 Å². The van der Waals surface area contributed by atoms with Gasteiger partial charge < -0.3 is 9.80 Å². The van der Waals surface area contributed by atoms with Gasteiger partial charge in [0.2, 0.25) is 15.9 Å². The minimum absolute atomic E-state index is 0.0664. The van der Waals surface area contributed by atoms with Crippen molar-refractivity contribution in [2.24, 2.45) is 5.92 Å². The first-order valence-corrected chi connectivity index (χ1v) is 14.4. The van der Waals surface area contributed by atoms with Gasteiger partial charge in [0.25, 0.3) is 6.43 Å². The zero-order valence-corrected chi connectivity index (χ0v) is 22.4. The van der Waals surface area contributed by atoms with E-state index in [0.717, 1.165) is 29.6 Å². The molecule has 37 heavy (non-hydrogen) atoms. The number of nitrogens with zero attached hydrogens (tertiary/aromatic N) is 5.